The lowest BCUT2D eigenvalue weighted by Crippen LogP contribution is -2.50. The van der Waals surface area contributed by atoms with E-state index in [1.807, 2.05) is 49.4 Å². The molecule has 2 N–H and O–H groups in total. The summed E-state index contributed by atoms with van der Waals surface area (Å²) in [6.07, 6.45) is 3.52. The first-order chi connectivity index (χ1) is 10.8. The number of hydrogen-bond donors (Lipinski definition) is 2. The van der Waals surface area contributed by atoms with Gasteiger partial charge < -0.3 is 10.6 Å². The van der Waals surface area contributed by atoms with Gasteiger partial charge in [-0.1, -0.05) is 37.3 Å². The van der Waals surface area contributed by atoms with Gasteiger partial charge in [0.2, 0.25) is 5.91 Å². The number of aromatic nitrogens is 1. The summed E-state index contributed by atoms with van der Waals surface area (Å²) >= 11 is 0. The first-order valence-corrected chi connectivity index (χ1v) is 7.71. The smallest absolute Gasteiger partial charge is 0.223 e. The molecular formula is C18H23Cl2N3O. The molecule has 1 aliphatic rings. The van der Waals surface area contributed by atoms with Gasteiger partial charge in [0.15, 0.2) is 0 Å². The minimum absolute atomic E-state index is 0. The number of benzene rings is 1. The van der Waals surface area contributed by atoms with Crippen LogP contribution in [-0.2, 0) is 4.79 Å². The lowest BCUT2D eigenvalue weighted by Gasteiger charge is -2.33. The second-order valence-electron chi connectivity index (χ2n) is 5.84. The molecule has 0 aliphatic carbocycles. The first-order valence-electron chi connectivity index (χ1n) is 7.71. The van der Waals surface area contributed by atoms with E-state index in [9.17, 15) is 4.79 Å². The van der Waals surface area contributed by atoms with Gasteiger partial charge in [0.1, 0.15) is 0 Å². The highest BCUT2D eigenvalue weighted by molar-refractivity contribution is 5.85. The third kappa shape index (κ3) is 4.69. The molecule has 6 heteroatoms. The minimum atomic E-state index is -0.132. The Labute approximate surface area is 155 Å². The van der Waals surface area contributed by atoms with Crippen LogP contribution in [0.15, 0.2) is 54.9 Å². The monoisotopic (exact) mass is 367 g/mol. The van der Waals surface area contributed by atoms with Crippen molar-refractivity contribution >= 4 is 30.7 Å². The summed E-state index contributed by atoms with van der Waals surface area (Å²) in [6, 6.07) is 13.8. The molecule has 3 rings (SSSR count). The molecule has 130 valence electrons. The topological polar surface area (TPSA) is 54.0 Å². The quantitative estimate of drug-likeness (QED) is 0.853. The van der Waals surface area contributed by atoms with Crippen LogP contribution in [0.3, 0.4) is 0 Å². The molecule has 0 radical (unpaired) electrons. The summed E-state index contributed by atoms with van der Waals surface area (Å²) in [7, 11) is 0. The molecule has 2 heterocycles. The molecule has 1 aromatic heterocycles. The van der Waals surface area contributed by atoms with Gasteiger partial charge in [-0.15, -0.1) is 24.8 Å². The molecule has 2 atom stereocenters. The van der Waals surface area contributed by atoms with Crippen LogP contribution < -0.4 is 10.6 Å². The van der Waals surface area contributed by atoms with E-state index in [0.29, 0.717) is 5.92 Å². The van der Waals surface area contributed by atoms with Crippen molar-refractivity contribution in [3.63, 3.8) is 0 Å². The molecule has 2 aromatic rings. The number of nitrogens with zero attached hydrogens (tertiary/aromatic N) is 1. The van der Waals surface area contributed by atoms with Crippen LogP contribution in [-0.4, -0.2) is 24.0 Å². The van der Waals surface area contributed by atoms with Gasteiger partial charge in [-0.3, -0.25) is 9.78 Å². The number of carbonyl (C=O) groups excluding carboxylic acids is 1. The van der Waals surface area contributed by atoms with Crippen LogP contribution >= 0.6 is 24.8 Å². The lowest BCUT2D eigenvalue weighted by atomic mass is 9.87. The van der Waals surface area contributed by atoms with Crippen molar-refractivity contribution in [2.75, 3.05) is 13.1 Å². The van der Waals surface area contributed by atoms with Gasteiger partial charge >= 0.3 is 0 Å². The van der Waals surface area contributed by atoms with Crippen LogP contribution in [0.5, 0.6) is 0 Å². The summed E-state index contributed by atoms with van der Waals surface area (Å²) in [5.41, 5.74) is 2.13. The highest BCUT2D eigenvalue weighted by Crippen LogP contribution is 2.23. The van der Waals surface area contributed by atoms with Gasteiger partial charge in [0.25, 0.3) is 0 Å². The number of rotatable bonds is 5. The molecule has 24 heavy (non-hydrogen) atoms. The molecular weight excluding hydrogens is 345 g/mol. The fourth-order valence-electron chi connectivity index (χ4n) is 2.71. The number of carbonyl (C=O) groups is 1. The molecule has 4 nitrogen and oxygen atoms in total. The van der Waals surface area contributed by atoms with Gasteiger partial charge in [-0.2, -0.15) is 0 Å². The lowest BCUT2D eigenvalue weighted by molar-refractivity contribution is -0.127. The van der Waals surface area contributed by atoms with E-state index in [4.69, 9.17) is 0 Å². The van der Waals surface area contributed by atoms with E-state index in [2.05, 4.69) is 15.6 Å². The fraction of sp³-hybridized carbons (Fsp3) is 0.333. The van der Waals surface area contributed by atoms with E-state index in [-0.39, 0.29) is 42.7 Å². The van der Waals surface area contributed by atoms with Crippen molar-refractivity contribution in [1.29, 1.82) is 0 Å². The van der Waals surface area contributed by atoms with Crippen LogP contribution in [0, 0.1) is 11.8 Å². The number of halogens is 2. The van der Waals surface area contributed by atoms with Gasteiger partial charge in [0.05, 0.1) is 6.04 Å². The Kier molecular flexibility index (Phi) is 8.19. The second kappa shape index (κ2) is 9.62. The largest absolute Gasteiger partial charge is 0.345 e. The maximum absolute atomic E-state index is 12.6. The van der Waals surface area contributed by atoms with Crippen molar-refractivity contribution in [1.82, 2.24) is 15.6 Å². The molecule has 0 bridgehead atoms. The summed E-state index contributed by atoms with van der Waals surface area (Å²) in [5.74, 6) is 0.570. The number of pyridine rings is 1. The Morgan fingerprint density at radius 3 is 2.21 bits per heavy atom. The van der Waals surface area contributed by atoms with Gasteiger partial charge in [0, 0.05) is 18.3 Å². The Morgan fingerprint density at radius 2 is 1.67 bits per heavy atom. The van der Waals surface area contributed by atoms with Crippen molar-refractivity contribution < 1.29 is 4.79 Å². The Balaban J connectivity index is 0.00000144. The Hall–Kier alpha value is -1.62. The van der Waals surface area contributed by atoms with E-state index in [1.165, 1.54) is 0 Å². The SMILES string of the molecule is CC(C(=O)NC(c1ccccc1)c1ccncc1)C1CNC1.Cl.Cl. The Bertz CT molecular complexity index is 581. The van der Waals surface area contributed by atoms with Gasteiger partial charge in [-0.05, 0) is 42.3 Å². The zero-order chi connectivity index (χ0) is 15.4. The molecule has 0 spiro atoms. The number of hydrogen-bond acceptors (Lipinski definition) is 3. The van der Waals surface area contributed by atoms with Crippen molar-refractivity contribution in [3.05, 3.63) is 66.0 Å². The first kappa shape index (κ1) is 20.4. The van der Waals surface area contributed by atoms with Crippen molar-refractivity contribution in [2.24, 2.45) is 11.8 Å². The van der Waals surface area contributed by atoms with Crippen LogP contribution in [0.4, 0.5) is 0 Å². The minimum Gasteiger partial charge on any atom is -0.345 e. The van der Waals surface area contributed by atoms with Crippen LogP contribution in [0.2, 0.25) is 0 Å². The summed E-state index contributed by atoms with van der Waals surface area (Å²) in [6.45, 7) is 3.87. The normalized spacial score (nSPS) is 15.9. The molecule has 0 saturated carbocycles. The molecule has 1 aliphatic heterocycles. The second-order valence-corrected chi connectivity index (χ2v) is 5.84. The maximum atomic E-state index is 12.6. The summed E-state index contributed by atoms with van der Waals surface area (Å²) in [4.78, 5) is 16.6. The molecule has 1 aromatic carbocycles. The zero-order valence-electron chi connectivity index (χ0n) is 13.5. The van der Waals surface area contributed by atoms with E-state index in [0.717, 1.165) is 24.2 Å². The van der Waals surface area contributed by atoms with Crippen molar-refractivity contribution in [3.8, 4) is 0 Å². The summed E-state index contributed by atoms with van der Waals surface area (Å²) in [5, 5.41) is 6.43. The average Bonchev–Trinajstić information content (AvgIpc) is 2.52. The molecule has 1 fully saturated rings. The third-order valence-electron chi connectivity index (χ3n) is 4.39. The average molecular weight is 368 g/mol. The highest BCUT2D eigenvalue weighted by atomic mass is 35.5. The van der Waals surface area contributed by atoms with E-state index in [1.54, 1.807) is 12.4 Å². The van der Waals surface area contributed by atoms with Gasteiger partial charge in [-0.25, -0.2) is 0 Å². The highest BCUT2D eigenvalue weighted by Gasteiger charge is 2.30. The third-order valence-corrected chi connectivity index (χ3v) is 4.39. The molecule has 2 unspecified atom stereocenters. The molecule has 1 amide bonds. The van der Waals surface area contributed by atoms with Crippen LogP contribution in [0.25, 0.3) is 0 Å². The fourth-order valence-corrected chi connectivity index (χ4v) is 2.71. The van der Waals surface area contributed by atoms with Crippen LogP contribution in [0.1, 0.15) is 24.1 Å². The molecule has 1 saturated heterocycles. The van der Waals surface area contributed by atoms with E-state index < -0.39 is 0 Å². The van der Waals surface area contributed by atoms with E-state index >= 15 is 0 Å². The summed E-state index contributed by atoms with van der Waals surface area (Å²) < 4.78 is 0. The number of nitrogens with one attached hydrogen (secondary N) is 2. The predicted molar refractivity (Wildman–Crippen MR) is 101 cm³/mol. The van der Waals surface area contributed by atoms with Crippen molar-refractivity contribution in [2.45, 2.75) is 13.0 Å². The zero-order valence-corrected chi connectivity index (χ0v) is 15.1. The predicted octanol–water partition coefficient (Wildman–Crippen LogP) is 2.99. The maximum Gasteiger partial charge on any atom is 0.223 e. The number of amides is 1. The Morgan fingerprint density at radius 1 is 1.08 bits per heavy atom. The standard InChI is InChI=1S/C18H21N3O.2ClH/c1-13(16-11-20-12-16)18(22)21-17(14-5-3-2-4-6-14)15-7-9-19-10-8-15;;/h2-10,13,16-17,20H,11-12H2,1H3,(H,21,22);2*1H.